The fourth-order valence-corrected chi connectivity index (χ4v) is 12.2. The van der Waals surface area contributed by atoms with Crippen molar-refractivity contribution in [2.24, 2.45) is 64.3 Å². The summed E-state index contributed by atoms with van der Waals surface area (Å²) in [4.78, 5) is 0. The summed E-state index contributed by atoms with van der Waals surface area (Å²) in [7, 11) is 0. The molecule has 32 heavy (non-hydrogen) atoms. The van der Waals surface area contributed by atoms with Gasteiger partial charge in [-0.05, 0) is 98.9 Å². The summed E-state index contributed by atoms with van der Waals surface area (Å²) in [6, 6.07) is 2.94. The molecule has 4 aliphatic heterocycles. The van der Waals surface area contributed by atoms with Crippen LogP contribution in [0.25, 0.3) is 0 Å². The molecule has 14 atom stereocenters. The maximum Gasteiger partial charge on any atom is 0.182 e. The molecule has 0 amide bonds. The van der Waals surface area contributed by atoms with Crippen LogP contribution in [0.5, 0.6) is 0 Å². The minimum Gasteiger partial charge on any atom is -0.120 e. The molecule has 4 nitrogen and oxygen atoms in total. The van der Waals surface area contributed by atoms with Gasteiger partial charge in [0.15, 0.2) is 23.2 Å². The molecule has 175 valence electrons. The lowest BCUT2D eigenvalue weighted by Crippen LogP contribution is -2.76. The summed E-state index contributed by atoms with van der Waals surface area (Å²) < 4.78 is 2.61. The van der Waals surface area contributed by atoms with Gasteiger partial charge in [-0.2, -0.15) is 0 Å². The van der Waals surface area contributed by atoms with Crippen molar-refractivity contribution in [2.45, 2.75) is 115 Å². The van der Waals surface area contributed by atoms with Crippen LogP contribution in [-0.2, 0) is 0 Å². The Morgan fingerprint density at radius 3 is 1.88 bits per heavy atom. The van der Waals surface area contributed by atoms with Gasteiger partial charge < -0.3 is 0 Å². The summed E-state index contributed by atoms with van der Waals surface area (Å²) in [5.41, 5.74) is 4.53. The van der Waals surface area contributed by atoms with E-state index in [-0.39, 0.29) is 11.1 Å². The molecule has 10 rings (SSSR count). The number of hydrogen-bond acceptors (Lipinski definition) is 3. The summed E-state index contributed by atoms with van der Waals surface area (Å²) >= 11 is 0. The molecule has 6 saturated carbocycles. The van der Waals surface area contributed by atoms with E-state index in [9.17, 15) is 0 Å². The molecule has 4 heteroatoms. The Labute approximate surface area is 194 Å². The maximum absolute atomic E-state index is 5.44. The smallest absolute Gasteiger partial charge is 0.120 e. The van der Waals surface area contributed by atoms with Crippen molar-refractivity contribution >= 4 is 0 Å². The van der Waals surface area contributed by atoms with Crippen LogP contribution in [0.2, 0.25) is 0 Å². The third-order valence-corrected chi connectivity index (χ3v) is 12.3. The molecular weight excluding hydrogens is 392 g/mol. The molecule has 8 bridgehead atoms. The van der Waals surface area contributed by atoms with Gasteiger partial charge >= 0.3 is 0 Å². The van der Waals surface area contributed by atoms with E-state index in [4.69, 9.17) is 5.11 Å². The van der Waals surface area contributed by atoms with E-state index in [1.54, 1.807) is 12.8 Å². The van der Waals surface area contributed by atoms with Crippen LogP contribution < -0.4 is 10.4 Å². The predicted octanol–water partition coefficient (Wildman–Crippen LogP) is 4.78. The Kier molecular flexibility index (Phi) is 3.61. The van der Waals surface area contributed by atoms with Crippen molar-refractivity contribution in [2.75, 3.05) is 0 Å². The fraction of sp³-hybridized carbons (Fsp3) is 1.00. The second kappa shape index (κ2) is 5.83. The molecule has 4 heterocycles. The zero-order chi connectivity index (χ0) is 21.9. The molecule has 1 N–H and O–H groups in total. The van der Waals surface area contributed by atoms with Gasteiger partial charge in [-0.3, -0.25) is 0 Å². The highest BCUT2D eigenvalue weighted by atomic mass is 15.6. The van der Waals surface area contributed by atoms with E-state index in [0.717, 1.165) is 77.3 Å². The van der Waals surface area contributed by atoms with Gasteiger partial charge in [0.25, 0.3) is 0 Å². The molecular formula is C28H45N4+2. The third-order valence-electron chi connectivity index (χ3n) is 12.3. The first kappa shape index (κ1) is 19.8. The molecule has 2 saturated heterocycles. The van der Waals surface area contributed by atoms with Gasteiger partial charge in [0.2, 0.25) is 0 Å². The van der Waals surface area contributed by atoms with Crippen LogP contribution in [0.3, 0.4) is 0 Å². The van der Waals surface area contributed by atoms with Crippen LogP contribution in [0.15, 0.2) is 5.11 Å². The third kappa shape index (κ3) is 2.16. The SMILES string of the molecule is CC(C)(C)[N+]1N[C@H]2CC[C@@H]1[C@@H]1[C@@H]3C[C@@H]([C@H]4[C@H]5C[C@@H]([C@@H]34)[C@H]3[C@@H]5[C@H]4CC[C@@H]3N=[N+]4C(C)(C)C)[C@@H]12. The number of azo groups is 2. The first-order valence-electron chi connectivity index (χ1n) is 14.2. The van der Waals surface area contributed by atoms with E-state index < -0.39 is 0 Å². The van der Waals surface area contributed by atoms with Crippen LogP contribution >= 0.6 is 0 Å². The van der Waals surface area contributed by atoms with Crippen LogP contribution in [0.4, 0.5) is 0 Å². The lowest BCUT2D eigenvalue weighted by molar-refractivity contribution is -0.713. The quantitative estimate of drug-likeness (QED) is 0.429. The molecule has 0 aromatic heterocycles. The number of hydrazine groups is 1. The largest absolute Gasteiger partial charge is 0.182 e. The minimum atomic E-state index is 0.193. The highest BCUT2D eigenvalue weighted by Gasteiger charge is 2.78. The fourth-order valence-electron chi connectivity index (χ4n) is 12.2. The maximum atomic E-state index is 5.44. The lowest BCUT2D eigenvalue weighted by Gasteiger charge is -2.58. The Morgan fingerprint density at radius 2 is 1.22 bits per heavy atom. The van der Waals surface area contributed by atoms with E-state index in [2.05, 4.69) is 56.7 Å². The molecule has 0 spiro atoms. The number of fused-ring (bicyclic) bond motifs is 12. The van der Waals surface area contributed by atoms with Crippen LogP contribution in [0.1, 0.15) is 80.1 Å². The highest BCUT2D eigenvalue weighted by Crippen LogP contribution is 2.77. The molecule has 8 fully saturated rings. The zero-order valence-electron chi connectivity index (χ0n) is 21.2. The number of hydrogen-bond donors (Lipinski definition) is 1. The standard InChI is InChI=1S/C28H45N4/c1-27(2,3)31-19-9-7-17(29-31)23-13-11-15(25(19)23)21-14-12-16(22(13)21)26-20-10-8-18(24(14)26)30-32(20)28(4,5)6/h13-26,29H,7-12H2,1-6H3/q+2/t13-,14-,15+,16+,17-,18-,19+,20+,21-,22-,23+,24+,25-,26-/m0/s1. The number of nitrogens with one attached hydrogen (secondary N) is 1. The van der Waals surface area contributed by atoms with Crippen molar-refractivity contribution in [3.05, 3.63) is 0 Å². The van der Waals surface area contributed by atoms with Crippen LogP contribution in [-0.4, -0.2) is 39.9 Å². The minimum absolute atomic E-state index is 0.193. The van der Waals surface area contributed by atoms with E-state index in [1.165, 1.54) is 25.7 Å². The van der Waals surface area contributed by atoms with Gasteiger partial charge in [0, 0.05) is 45.4 Å². The average molecular weight is 438 g/mol. The normalized spacial score (nSPS) is 59.4. The van der Waals surface area contributed by atoms with Crippen molar-refractivity contribution < 1.29 is 4.70 Å². The second-order valence-corrected chi connectivity index (χ2v) is 15.4. The highest BCUT2D eigenvalue weighted by molar-refractivity contribution is 5.24. The predicted molar refractivity (Wildman–Crippen MR) is 125 cm³/mol. The van der Waals surface area contributed by atoms with Gasteiger partial charge in [-0.1, -0.05) is 5.01 Å². The Bertz CT molecular complexity index is 881. The van der Waals surface area contributed by atoms with E-state index in [1.807, 2.05) is 0 Å². The van der Waals surface area contributed by atoms with E-state index in [0.29, 0.717) is 6.04 Å². The molecule has 10 aliphatic rings. The average Bonchev–Trinajstić information content (AvgIpc) is 3.51. The monoisotopic (exact) mass is 437 g/mol. The summed E-state index contributed by atoms with van der Waals surface area (Å²) in [5, 5.41) is 8.17. The van der Waals surface area contributed by atoms with Gasteiger partial charge in [0.1, 0.15) is 6.04 Å². The van der Waals surface area contributed by atoms with Crippen molar-refractivity contribution in [1.29, 1.82) is 0 Å². The Hall–Kier alpha value is -0.480. The topological polar surface area (TPSA) is 33.3 Å². The summed E-state index contributed by atoms with van der Waals surface area (Å²) in [5.74, 6) is 10.1. The van der Waals surface area contributed by atoms with Gasteiger partial charge in [0.05, 0.1) is 6.04 Å². The Morgan fingerprint density at radius 1 is 0.625 bits per heavy atom. The van der Waals surface area contributed by atoms with Crippen molar-refractivity contribution in [1.82, 2.24) is 10.4 Å². The zero-order valence-corrected chi connectivity index (χ0v) is 21.2. The molecule has 0 aromatic rings. The molecule has 1 radical (unpaired) electrons. The van der Waals surface area contributed by atoms with E-state index >= 15 is 0 Å². The first-order valence-corrected chi connectivity index (χ1v) is 14.2. The summed E-state index contributed by atoms with van der Waals surface area (Å²) in [6.45, 7) is 14.5. The molecule has 6 aliphatic carbocycles. The summed E-state index contributed by atoms with van der Waals surface area (Å²) in [6.07, 6.45) is 8.83. The molecule has 0 aromatic carbocycles. The number of rotatable bonds is 0. The van der Waals surface area contributed by atoms with Crippen molar-refractivity contribution in [3.8, 4) is 0 Å². The lowest BCUT2D eigenvalue weighted by atomic mass is 9.51. The second-order valence-electron chi connectivity index (χ2n) is 15.4. The van der Waals surface area contributed by atoms with Gasteiger partial charge in [-0.15, -0.1) is 10.1 Å². The van der Waals surface area contributed by atoms with Crippen LogP contribution in [0, 0.1) is 59.2 Å². The molecule has 0 unspecified atom stereocenters. The first-order chi connectivity index (χ1) is 15.1. The Balaban J connectivity index is 1.16. The van der Waals surface area contributed by atoms with Gasteiger partial charge in [-0.25, -0.2) is 0 Å². The number of nitrogens with zero attached hydrogens (tertiary/aromatic N) is 3. The van der Waals surface area contributed by atoms with Crippen molar-refractivity contribution in [3.63, 3.8) is 0 Å².